The summed E-state index contributed by atoms with van der Waals surface area (Å²) in [5.41, 5.74) is -0.104. The number of ketones is 1. The van der Waals surface area contributed by atoms with Gasteiger partial charge >= 0.3 is 5.97 Å². The Morgan fingerprint density at radius 2 is 1.92 bits per heavy atom. The molecule has 2 N–H and O–H groups in total. The summed E-state index contributed by atoms with van der Waals surface area (Å²) in [6, 6.07) is 0.982. The Kier molecular flexibility index (Phi) is 4.86. The molecule has 0 bridgehead atoms. The van der Waals surface area contributed by atoms with Crippen LogP contribution in [0.4, 0.5) is 0 Å². The van der Waals surface area contributed by atoms with Gasteiger partial charge in [-0.05, 0) is 37.7 Å². The number of carbonyl (C=O) groups excluding carboxylic acids is 2. The summed E-state index contributed by atoms with van der Waals surface area (Å²) in [7, 11) is 0. The molecule has 1 heterocycles. The van der Waals surface area contributed by atoms with Gasteiger partial charge in [0.05, 0.1) is 11.1 Å². The maximum absolute atomic E-state index is 12.5. The molecule has 1 aliphatic heterocycles. The first-order chi connectivity index (χ1) is 11.9. The van der Waals surface area contributed by atoms with Gasteiger partial charge in [-0.1, -0.05) is 29.8 Å². The van der Waals surface area contributed by atoms with Crippen LogP contribution in [0.1, 0.15) is 35.7 Å². The van der Waals surface area contributed by atoms with Crippen molar-refractivity contribution in [3.05, 3.63) is 46.5 Å². The lowest BCUT2D eigenvalue weighted by molar-refractivity contribution is -0.114. The molecule has 0 aromatic heterocycles. The van der Waals surface area contributed by atoms with Crippen LogP contribution < -0.4 is 0 Å². The number of halogens is 1. The second-order valence-electron chi connectivity index (χ2n) is 6.58. The summed E-state index contributed by atoms with van der Waals surface area (Å²) >= 11 is 6.07. The number of phenols is 2. The van der Waals surface area contributed by atoms with Crippen LogP contribution in [-0.2, 0) is 16.0 Å². The van der Waals surface area contributed by atoms with Crippen LogP contribution in [0.3, 0.4) is 0 Å². The molecule has 1 aromatic carbocycles. The van der Waals surface area contributed by atoms with Gasteiger partial charge < -0.3 is 14.9 Å². The van der Waals surface area contributed by atoms with Gasteiger partial charge in [-0.2, -0.15) is 0 Å². The molecule has 6 heteroatoms. The van der Waals surface area contributed by atoms with Gasteiger partial charge in [-0.15, -0.1) is 0 Å². The highest BCUT2D eigenvalue weighted by atomic mass is 35.5. The van der Waals surface area contributed by atoms with Crippen LogP contribution in [0.25, 0.3) is 0 Å². The number of allylic oxidation sites excluding steroid dienone is 4. The number of fused-ring (bicyclic) bond motifs is 2. The molecule has 3 atom stereocenters. The van der Waals surface area contributed by atoms with E-state index in [0.717, 1.165) is 18.9 Å². The van der Waals surface area contributed by atoms with Crippen molar-refractivity contribution in [2.75, 3.05) is 0 Å². The molecule has 3 rings (SSSR count). The van der Waals surface area contributed by atoms with Crippen molar-refractivity contribution < 1.29 is 24.5 Å². The molecule has 132 valence electrons. The van der Waals surface area contributed by atoms with Crippen LogP contribution in [0.15, 0.2) is 30.4 Å². The van der Waals surface area contributed by atoms with Crippen LogP contribution in [0.2, 0.25) is 5.02 Å². The van der Waals surface area contributed by atoms with Crippen molar-refractivity contribution in [1.29, 1.82) is 0 Å². The SMILES string of the molecule is C[C@@H]1C[C@H]2C[C@@H]2C=CC=CC(=O)Cc2c(Cl)c(O)cc(O)c2C(=O)O1. The predicted molar refractivity (Wildman–Crippen MR) is 92.9 cm³/mol. The van der Waals surface area contributed by atoms with Crippen molar-refractivity contribution in [1.82, 2.24) is 0 Å². The normalized spacial score (nSPS) is 26.4. The molecule has 1 saturated carbocycles. The van der Waals surface area contributed by atoms with Gasteiger partial charge in [0.15, 0.2) is 5.78 Å². The van der Waals surface area contributed by atoms with E-state index < -0.39 is 17.5 Å². The van der Waals surface area contributed by atoms with Gasteiger partial charge in [-0.3, -0.25) is 4.79 Å². The van der Waals surface area contributed by atoms with E-state index in [2.05, 4.69) is 0 Å². The molecule has 5 nitrogen and oxygen atoms in total. The van der Waals surface area contributed by atoms with Crippen LogP contribution in [0, 0.1) is 11.8 Å². The van der Waals surface area contributed by atoms with Crippen molar-refractivity contribution in [2.45, 2.75) is 32.3 Å². The number of aromatic hydroxyl groups is 2. The van der Waals surface area contributed by atoms with Gasteiger partial charge in [0.2, 0.25) is 0 Å². The summed E-state index contributed by atoms with van der Waals surface area (Å²) in [4.78, 5) is 24.7. The van der Waals surface area contributed by atoms with E-state index in [1.165, 1.54) is 6.08 Å². The minimum atomic E-state index is -0.747. The van der Waals surface area contributed by atoms with Crippen LogP contribution in [0.5, 0.6) is 11.5 Å². The number of hydrogen-bond acceptors (Lipinski definition) is 5. The number of esters is 1. The number of ether oxygens (including phenoxy) is 1. The molecule has 0 radical (unpaired) electrons. The molecule has 0 spiro atoms. The van der Waals surface area contributed by atoms with Crippen molar-refractivity contribution in [3.8, 4) is 11.5 Å². The average Bonchev–Trinajstić information content (AvgIpc) is 3.25. The minimum Gasteiger partial charge on any atom is -0.507 e. The first-order valence-corrected chi connectivity index (χ1v) is 8.56. The predicted octanol–water partition coefficient (Wildman–Crippen LogP) is 3.56. The number of benzene rings is 1. The Morgan fingerprint density at radius 1 is 1.16 bits per heavy atom. The fourth-order valence-electron chi connectivity index (χ4n) is 3.17. The first kappa shape index (κ1) is 17.5. The number of hydrogen-bond donors (Lipinski definition) is 2. The minimum absolute atomic E-state index is 0.0661. The quantitative estimate of drug-likeness (QED) is 0.689. The number of carbonyl (C=O) groups is 2. The molecule has 0 amide bonds. The first-order valence-electron chi connectivity index (χ1n) is 8.18. The molecule has 0 unspecified atom stereocenters. The zero-order chi connectivity index (χ0) is 18.1. The van der Waals surface area contributed by atoms with Crippen LogP contribution >= 0.6 is 11.6 Å². The Bertz CT molecular complexity index is 781. The largest absolute Gasteiger partial charge is 0.507 e. The van der Waals surface area contributed by atoms with E-state index in [1.807, 2.05) is 12.2 Å². The molecular formula is C19H19ClO5. The fourth-order valence-corrected chi connectivity index (χ4v) is 3.39. The van der Waals surface area contributed by atoms with Gasteiger partial charge in [0, 0.05) is 18.1 Å². The van der Waals surface area contributed by atoms with E-state index in [4.69, 9.17) is 16.3 Å². The number of rotatable bonds is 0. The third-order valence-electron chi connectivity index (χ3n) is 4.55. The van der Waals surface area contributed by atoms with Gasteiger partial charge in [0.25, 0.3) is 0 Å². The van der Waals surface area contributed by atoms with Gasteiger partial charge in [0.1, 0.15) is 17.1 Å². The number of phenolic OH excluding ortho intramolecular Hbond substituents is 2. The zero-order valence-electron chi connectivity index (χ0n) is 13.7. The molecule has 1 aromatic rings. The Morgan fingerprint density at radius 3 is 2.68 bits per heavy atom. The molecule has 0 saturated heterocycles. The zero-order valence-corrected chi connectivity index (χ0v) is 14.5. The van der Waals surface area contributed by atoms with Crippen LogP contribution in [-0.4, -0.2) is 28.1 Å². The maximum Gasteiger partial charge on any atom is 0.342 e. The third kappa shape index (κ3) is 3.87. The maximum atomic E-state index is 12.5. The lowest BCUT2D eigenvalue weighted by Crippen LogP contribution is -2.18. The molecule has 1 fully saturated rings. The molecule has 25 heavy (non-hydrogen) atoms. The molecule has 2 aliphatic rings. The second kappa shape index (κ2) is 6.92. The Balaban J connectivity index is 2.01. The Labute approximate surface area is 150 Å². The average molecular weight is 363 g/mol. The topological polar surface area (TPSA) is 83.8 Å². The lowest BCUT2D eigenvalue weighted by atomic mass is 10.00. The van der Waals surface area contributed by atoms with E-state index in [9.17, 15) is 19.8 Å². The summed E-state index contributed by atoms with van der Waals surface area (Å²) in [5, 5.41) is 19.8. The van der Waals surface area contributed by atoms with Crippen molar-refractivity contribution >= 4 is 23.4 Å². The third-order valence-corrected chi connectivity index (χ3v) is 4.97. The lowest BCUT2D eigenvalue weighted by Gasteiger charge is -2.17. The monoisotopic (exact) mass is 362 g/mol. The van der Waals surface area contributed by atoms with Gasteiger partial charge in [-0.25, -0.2) is 4.79 Å². The summed E-state index contributed by atoms with van der Waals surface area (Å²) in [6.45, 7) is 1.80. The van der Waals surface area contributed by atoms with E-state index in [-0.39, 0.29) is 34.5 Å². The summed E-state index contributed by atoms with van der Waals surface area (Å²) in [6.07, 6.45) is 8.13. The van der Waals surface area contributed by atoms with E-state index in [1.54, 1.807) is 13.0 Å². The van der Waals surface area contributed by atoms with Crippen molar-refractivity contribution in [3.63, 3.8) is 0 Å². The highest BCUT2D eigenvalue weighted by molar-refractivity contribution is 6.33. The summed E-state index contributed by atoms with van der Waals surface area (Å²) in [5.74, 6) is -1.01. The smallest absolute Gasteiger partial charge is 0.342 e. The summed E-state index contributed by atoms with van der Waals surface area (Å²) < 4.78 is 5.44. The molecule has 1 aliphatic carbocycles. The standard InChI is InChI=1S/C19H19ClO5/c1-10-6-12-7-11(12)4-2-3-5-13(21)8-14-17(19(24)25-10)15(22)9-16(23)18(14)20/h2-5,9-12,22-23H,6-8H2,1H3/t10-,11+,12+/m1/s1. The fraction of sp³-hybridized carbons (Fsp3) is 0.368. The highest BCUT2D eigenvalue weighted by Gasteiger charge is 2.36. The van der Waals surface area contributed by atoms with E-state index >= 15 is 0 Å². The second-order valence-corrected chi connectivity index (χ2v) is 6.96. The highest BCUT2D eigenvalue weighted by Crippen LogP contribution is 2.44. The molecular weight excluding hydrogens is 344 g/mol. The number of cyclic esters (lactones) is 1. The van der Waals surface area contributed by atoms with E-state index in [0.29, 0.717) is 11.8 Å². The Hall–Kier alpha value is -2.27. The van der Waals surface area contributed by atoms with Crippen molar-refractivity contribution in [2.24, 2.45) is 11.8 Å².